The van der Waals surface area contributed by atoms with Crippen LogP contribution in [-0.4, -0.2) is 43.0 Å². The number of Topliss-reactive ketones (excluding diaryl/α,β-unsaturated/α-hetero) is 1. The van der Waals surface area contributed by atoms with Crippen molar-refractivity contribution < 1.29 is 9.53 Å². The van der Waals surface area contributed by atoms with Crippen LogP contribution in [0.3, 0.4) is 0 Å². The zero-order valence-corrected chi connectivity index (χ0v) is 7.88. The highest BCUT2D eigenvalue weighted by Crippen LogP contribution is 2.09. The molecule has 0 aromatic heterocycles. The quantitative estimate of drug-likeness (QED) is 0.625. The molecule has 12 heavy (non-hydrogen) atoms. The van der Waals surface area contributed by atoms with E-state index in [9.17, 15) is 4.79 Å². The Morgan fingerprint density at radius 2 is 2.42 bits per heavy atom. The molecule has 0 radical (unpaired) electrons. The molecule has 0 amide bonds. The molecule has 0 saturated carbocycles. The monoisotopic (exact) mass is 171 g/mol. The number of hydrogen-bond acceptors (Lipinski definition) is 3. The van der Waals surface area contributed by atoms with Gasteiger partial charge in [0, 0.05) is 12.6 Å². The van der Waals surface area contributed by atoms with Crippen LogP contribution >= 0.6 is 0 Å². The summed E-state index contributed by atoms with van der Waals surface area (Å²) in [6.45, 7) is 6.81. The number of ketones is 1. The van der Waals surface area contributed by atoms with Crippen LogP contribution in [0.4, 0.5) is 0 Å². The second-order valence-electron chi connectivity index (χ2n) is 3.31. The van der Waals surface area contributed by atoms with E-state index in [-0.39, 0.29) is 5.78 Å². The average Bonchev–Trinajstić information content (AvgIpc) is 2.04. The minimum absolute atomic E-state index is 0.246. The van der Waals surface area contributed by atoms with Gasteiger partial charge in [-0.1, -0.05) is 6.92 Å². The minimum Gasteiger partial charge on any atom is -0.378 e. The number of ether oxygens (including phenoxy) is 1. The zero-order valence-electron chi connectivity index (χ0n) is 7.88. The summed E-state index contributed by atoms with van der Waals surface area (Å²) in [5.41, 5.74) is 0. The van der Waals surface area contributed by atoms with Gasteiger partial charge in [0.2, 0.25) is 0 Å². The van der Waals surface area contributed by atoms with Gasteiger partial charge in [0.15, 0.2) is 0 Å². The van der Waals surface area contributed by atoms with Crippen molar-refractivity contribution in [1.82, 2.24) is 4.90 Å². The van der Waals surface area contributed by atoms with Gasteiger partial charge in [-0.3, -0.25) is 9.69 Å². The summed E-state index contributed by atoms with van der Waals surface area (Å²) in [6, 6.07) is 0.447. The van der Waals surface area contributed by atoms with E-state index in [0.29, 0.717) is 12.6 Å². The van der Waals surface area contributed by atoms with Gasteiger partial charge in [-0.2, -0.15) is 0 Å². The van der Waals surface area contributed by atoms with Crippen molar-refractivity contribution in [2.75, 3.05) is 26.3 Å². The molecule has 1 atom stereocenters. The predicted octanol–water partition coefficient (Wildman–Crippen LogP) is 0.686. The van der Waals surface area contributed by atoms with E-state index in [4.69, 9.17) is 4.74 Å². The molecule has 1 saturated heterocycles. The Hall–Kier alpha value is -0.410. The van der Waals surface area contributed by atoms with Gasteiger partial charge >= 0.3 is 0 Å². The standard InChI is InChI=1S/C9H17NO2/c1-3-9-7-12-5-4-10(9)6-8(2)11/h9H,3-7H2,1-2H3. The molecule has 1 heterocycles. The lowest BCUT2D eigenvalue weighted by Gasteiger charge is -2.34. The van der Waals surface area contributed by atoms with Crippen molar-refractivity contribution >= 4 is 5.78 Å². The molecule has 1 unspecified atom stereocenters. The van der Waals surface area contributed by atoms with E-state index in [1.54, 1.807) is 6.92 Å². The average molecular weight is 171 g/mol. The fourth-order valence-electron chi connectivity index (χ4n) is 1.56. The summed E-state index contributed by atoms with van der Waals surface area (Å²) in [6.07, 6.45) is 1.06. The molecular weight excluding hydrogens is 154 g/mol. The molecule has 1 fully saturated rings. The first-order valence-electron chi connectivity index (χ1n) is 4.55. The molecule has 0 bridgehead atoms. The first-order chi connectivity index (χ1) is 5.74. The Morgan fingerprint density at radius 3 is 3.00 bits per heavy atom. The molecule has 0 aromatic carbocycles. The normalized spacial score (nSPS) is 25.7. The lowest BCUT2D eigenvalue weighted by atomic mass is 10.1. The Labute approximate surface area is 73.7 Å². The van der Waals surface area contributed by atoms with Crippen molar-refractivity contribution in [1.29, 1.82) is 0 Å². The van der Waals surface area contributed by atoms with Crippen molar-refractivity contribution in [3.63, 3.8) is 0 Å². The van der Waals surface area contributed by atoms with Crippen LogP contribution in [0, 0.1) is 0 Å². The smallest absolute Gasteiger partial charge is 0.143 e. The molecule has 1 rings (SSSR count). The zero-order chi connectivity index (χ0) is 8.97. The minimum atomic E-state index is 0.246. The van der Waals surface area contributed by atoms with E-state index in [1.807, 2.05) is 0 Å². The summed E-state index contributed by atoms with van der Waals surface area (Å²) >= 11 is 0. The maximum atomic E-state index is 10.9. The van der Waals surface area contributed by atoms with Gasteiger partial charge < -0.3 is 4.74 Å². The molecule has 1 aliphatic heterocycles. The van der Waals surface area contributed by atoms with Crippen molar-refractivity contribution in [3.8, 4) is 0 Å². The van der Waals surface area contributed by atoms with Crippen LogP contribution in [0.2, 0.25) is 0 Å². The number of rotatable bonds is 3. The lowest BCUT2D eigenvalue weighted by Crippen LogP contribution is -2.46. The maximum absolute atomic E-state index is 10.9. The van der Waals surface area contributed by atoms with Crippen LogP contribution in [-0.2, 0) is 9.53 Å². The first kappa shape index (κ1) is 9.68. The van der Waals surface area contributed by atoms with Crippen LogP contribution in [0.1, 0.15) is 20.3 Å². The fourth-order valence-corrected chi connectivity index (χ4v) is 1.56. The van der Waals surface area contributed by atoms with E-state index < -0.39 is 0 Å². The Balaban J connectivity index is 2.41. The Kier molecular flexibility index (Phi) is 3.69. The van der Waals surface area contributed by atoms with E-state index in [0.717, 1.165) is 26.2 Å². The van der Waals surface area contributed by atoms with Gasteiger partial charge in [0.1, 0.15) is 5.78 Å². The van der Waals surface area contributed by atoms with Crippen LogP contribution in [0.5, 0.6) is 0 Å². The third-order valence-electron chi connectivity index (χ3n) is 2.25. The number of carbonyl (C=O) groups excluding carboxylic acids is 1. The van der Waals surface area contributed by atoms with Crippen LogP contribution in [0.25, 0.3) is 0 Å². The predicted molar refractivity (Wildman–Crippen MR) is 47.2 cm³/mol. The molecular formula is C9H17NO2. The second kappa shape index (κ2) is 4.58. The van der Waals surface area contributed by atoms with E-state index in [2.05, 4.69) is 11.8 Å². The van der Waals surface area contributed by atoms with Gasteiger partial charge in [0.05, 0.1) is 19.8 Å². The number of morpholine rings is 1. The third kappa shape index (κ3) is 2.57. The number of hydrogen-bond donors (Lipinski definition) is 0. The van der Waals surface area contributed by atoms with Crippen molar-refractivity contribution in [2.45, 2.75) is 26.3 Å². The SMILES string of the molecule is CCC1COCCN1CC(C)=O. The molecule has 70 valence electrons. The molecule has 3 heteroatoms. The molecule has 0 aromatic rings. The third-order valence-corrected chi connectivity index (χ3v) is 2.25. The topological polar surface area (TPSA) is 29.5 Å². The maximum Gasteiger partial charge on any atom is 0.143 e. The van der Waals surface area contributed by atoms with Gasteiger partial charge in [-0.05, 0) is 13.3 Å². The van der Waals surface area contributed by atoms with Gasteiger partial charge in [-0.25, -0.2) is 0 Å². The molecule has 0 N–H and O–H groups in total. The Morgan fingerprint density at radius 1 is 1.67 bits per heavy atom. The largest absolute Gasteiger partial charge is 0.378 e. The highest BCUT2D eigenvalue weighted by atomic mass is 16.5. The summed E-state index contributed by atoms with van der Waals surface area (Å²) in [4.78, 5) is 13.1. The summed E-state index contributed by atoms with van der Waals surface area (Å²) < 4.78 is 5.33. The summed E-state index contributed by atoms with van der Waals surface area (Å²) in [5.74, 6) is 0.246. The second-order valence-corrected chi connectivity index (χ2v) is 3.31. The molecule has 0 spiro atoms. The summed E-state index contributed by atoms with van der Waals surface area (Å²) in [5, 5.41) is 0. The van der Waals surface area contributed by atoms with Crippen molar-refractivity contribution in [2.24, 2.45) is 0 Å². The lowest BCUT2D eigenvalue weighted by molar-refractivity contribution is -0.120. The number of carbonyl (C=O) groups is 1. The van der Waals surface area contributed by atoms with Crippen LogP contribution in [0.15, 0.2) is 0 Å². The van der Waals surface area contributed by atoms with Crippen LogP contribution < -0.4 is 0 Å². The first-order valence-corrected chi connectivity index (χ1v) is 4.55. The Bertz CT molecular complexity index is 159. The van der Waals surface area contributed by atoms with E-state index in [1.165, 1.54) is 0 Å². The highest BCUT2D eigenvalue weighted by Gasteiger charge is 2.21. The molecule has 1 aliphatic rings. The number of nitrogens with zero attached hydrogens (tertiary/aromatic N) is 1. The van der Waals surface area contributed by atoms with Crippen molar-refractivity contribution in [3.05, 3.63) is 0 Å². The van der Waals surface area contributed by atoms with E-state index >= 15 is 0 Å². The summed E-state index contributed by atoms with van der Waals surface area (Å²) in [7, 11) is 0. The molecule has 0 aliphatic carbocycles. The molecule has 3 nitrogen and oxygen atoms in total. The van der Waals surface area contributed by atoms with Gasteiger partial charge in [-0.15, -0.1) is 0 Å². The highest BCUT2D eigenvalue weighted by molar-refractivity contribution is 5.77. The fraction of sp³-hybridized carbons (Fsp3) is 0.889. The van der Waals surface area contributed by atoms with Gasteiger partial charge in [0.25, 0.3) is 0 Å².